The zero-order chi connectivity index (χ0) is 16.8. The Morgan fingerprint density at radius 2 is 0.957 bits per heavy atom. The average molecular weight is 319 g/mol. The van der Waals surface area contributed by atoms with Gasteiger partial charge in [0.25, 0.3) is 0 Å². The van der Waals surface area contributed by atoms with Gasteiger partial charge in [0.05, 0.1) is 12.5 Å². The summed E-state index contributed by atoms with van der Waals surface area (Å²) in [7, 11) is 0. The van der Waals surface area contributed by atoms with Gasteiger partial charge in [-0.05, 0) is 37.8 Å². The third-order valence-corrected chi connectivity index (χ3v) is 3.76. The number of unbranched alkanes of at least 4 members (excludes halogenated alkanes) is 10. The van der Waals surface area contributed by atoms with Gasteiger partial charge in [-0.3, -0.25) is 0 Å². The molecule has 23 heavy (non-hydrogen) atoms. The first-order chi connectivity index (χ1) is 11.4. The number of allylic oxidation sites excluding steroid dienone is 6. The molecule has 0 unspecified atom stereocenters. The van der Waals surface area contributed by atoms with Gasteiger partial charge in [-0.2, -0.15) is 0 Å². The average Bonchev–Trinajstić information content (AvgIpc) is 2.57. The lowest BCUT2D eigenvalue weighted by molar-refractivity contribution is 0.403. The normalized spacial score (nSPS) is 12.4. The molecule has 0 aromatic heterocycles. The van der Waals surface area contributed by atoms with E-state index in [-0.39, 0.29) is 0 Å². The molecule has 0 bridgehead atoms. The molecular weight excluding hydrogens is 280 g/mol. The quantitative estimate of drug-likeness (QED) is 0.160. The first-order valence-electron chi connectivity index (χ1n) is 9.70. The van der Waals surface area contributed by atoms with E-state index in [0.29, 0.717) is 0 Å². The lowest BCUT2D eigenvalue weighted by Crippen LogP contribution is -1.75. The Morgan fingerprint density at radius 3 is 1.39 bits per heavy atom. The molecule has 0 rings (SSSR count). The van der Waals surface area contributed by atoms with Crippen LogP contribution >= 0.6 is 0 Å². The molecule has 0 aromatic carbocycles. The van der Waals surface area contributed by atoms with Crippen LogP contribution in [-0.4, -0.2) is 0 Å². The van der Waals surface area contributed by atoms with Crippen molar-refractivity contribution in [3.05, 3.63) is 49.0 Å². The Kier molecular flexibility index (Phi) is 19.6. The molecule has 0 aliphatic heterocycles. The molecule has 0 spiro atoms. The summed E-state index contributed by atoms with van der Waals surface area (Å²) in [5.74, 6) is 0. The van der Waals surface area contributed by atoms with Gasteiger partial charge in [0.2, 0.25) is 0 Å². The monoisotopic (exact) mass is 318 g/mol. The van der Waals surface area contributed by atoms with E-state index in [4.69, 9.17) is 4.74 Å². The van der Waals surface area contributed by atoms with Crippen LogP contribution in [0.4, 0.5) is 0 Å². The molecule has 132 valence electrons. The van der Waals surface area contributed by atoms with Crippen molar-refractivity contribution in [3.8, 4) is 0 Å². The van der Waals surface area contributed by atoms with Crippen molar-refractivity contribution in [3.63, 3.8) is 0 Å². The standard InChI is InChI=1S/C22H38O/c1-3-5-7-9-11-13-15-17-19-21-23-22-20-18-16-14-12-10-8-6-4-2/h15-22H,3-14H2,1-2H3. The fraction of sp³-hybridized carbons (Fsp3) is 0.636. The maximum Gasteiger partial charge on any atom is 0.0901 e. The van der Waals surface area contributed by atoms with Crippen LogP contribution in [0.3, 0.4) is 0 Å². The van der Waals surface area contributed by atoms with Crippen molar-refractivity contribution in [2.75, 3.05) is 0 Å². The first-order valence-corrected chi connectivity index (χ1v) is 9.70. The summed E-state index contributed by atoms with van der Waals surface area (Å²) < 4.78 is 5.29. The Bertz CT molecular complexity index is 291. The van der Waals surface area contributed by atoms with Gasteiger partial charge in [-0.15, -0.1) is 0 Å². The van der Waals surface area contributed by atoms with Crippen molar-refractivity contribution >= 4 is 0 Å². The second-order valence-electron chi connectivity index (χ2n) is 6.06. The van der Waals surface area contributed by atoms with Gasteiger partial charge in [-0.25, -0.2) is 0 Å². The van der Waals surface area contributed by atoms with E-state index < -0.39 is 0 Å². The highest BCUT2D eigenvalue weighted by Gasteiger charge is 1.86. The number of hydrogen-bond acceptors (Lipinski definition) is 1. The Labute approximate surface area is 145 Å². The van der Waals surface area contributed by atoms with Crippen LogP contribution < -0.4 is 0 Å². The molecule has 0 atom stereocenters. The van der Waals surface area contributed by atoms with Crippen molar-refractivity contribution in [1.82, 2.24) is 0 Å². The largest absolute Gasteiger partial charge is 0.473 e. The van der Waals surface area contributed by atoms with Gasteiger partial charge in [-0.1, -0.05) is 89.5 Å². The van der Waals surface area contributed by atoms with Crippen molar-refractivity contribution < 1.29 is 4.74 Å². The third-order valence-electron chi connectivity index (χ3n) is 3.76. The molecule has 0 radical (unpaired) electrons. The summed E-state index contributed by atoms with van der Waals surface area (Å²) in [5.41, 5.74) is 0. The predicted molar refractivity (Wildman–Crippen MR) is 104 cm³/mol. The molecule has 0 saturated carbocycles. The second kappa shape index (κ2) is 20.8. The van der Waals surface area contributed by atoms with Gasteiger partial charge in [0.15, 0.2) is 0 Å². The van der Waals surface area contributed by atoms with Gasteiger partial charge in [0, 0.05) is 0 Å². The van der Waals surface area contributed by atoms with Gasteiger partial charge >= 0.3 is 0 Å². The van der Waals surface area contributed by atoms with Crippen LogP contribution in [0.2, 0.25) is 0 Å². The van der Waals surface area contributed by atoms with E-state index in [9.17, 15) is 0 Å². The van der Waals surface area contributed by atoms with E-state index in [0.717, 1.165) is 0 Å². The fourth-order valence-electron chi connectivity index (χ4n) is 2.31. The predicted octanol–water partition coefficient (Wildman–Crippen LogP) is 7.86. The molecule has 1 nitrogen and oxygen atoms in total. The molecule has 0 N–H and O–H groups in total. The second-order valence-corrected chi connectivity index (χ2v) is 6.06. The van der Waals surface area contributed by atoms with Crippen LogP contribution in [0, 0.1) is 0 Å². The minimum Gasteiger partial charge on any atom is -0.473 e. The highest BCUT2D eigenvalue weighted by atomic mass is 16.5. The topological polar surface area (TPSA) is 9.23 Å². The molecule has 0 saturated heterocycles. The Morgan fingerprint density at radius 1 is 0.522 bits per heavy atom. The summed E-state index contributed by atoms with van der Waals surface area (Å²) in [6, 6.07) is 0. The Hall–Kier alpha value is -1.24. The summed E-state index contributed by atoms with van der Waals surface area (Å²) >= 11 is 0. The van der Waals surface area contributed by atoms with Crippen molar-refractivity contribution in [1.29, 1.82) is 0 Å². The van der Waals surface area contributed by atoms with Crippen LogP contribution in [0.5, 0.6) is 0 Å². The van der Waals surface area contributed by atoms with Gasteiger partial charge < -0.3 is 4.74 Å². The zero-order valence-electron chi connectivity index (χ0n) is 15.5. The fourth-order valence-corrected chi connectivity index (χ4v) is 2.31. The Balaban J connectivity index is 3.37. The molecule has 0 aromatic rings. The molecule has 0 aliphatic carbocycles. The van der Waals surface area contributed by atoms with Crippen LogP contribution in [-0.2, 0) is 4.74 Å². The van der Waals surface area contributed by atoms with Gasteiger partial charge in [0.1, 0.15) is 0 Å². The maximum atomic E-state index is 5.29. The summed E-state index contributed by atoms with van der Waals surface area (Å²) in [4.78, 5) is 0. The molecule has 1 heteroatoms. The van der Waals surface area contributed by atoms with E-state index in [1.165, 1.54) is 77.0 Å². The first kappa shape index (κ1) is 21.8. The lowest BCUT2D eigenvalue weighted by Gasteiger charge is -1.95. The molecule has 0 amide bonds. The van der Waals surface area contributed by atoms with Crippen LogP contribution in [0.1, 0.15) is 90.9 Å². The van der Waals surface area contributed by atoms with E-state index in [1.807, 2.05) is 12.2 Å². The summed E-state index contributed by atoms with van der Waals surface area (Å²) in [5, 5.41) is 0. The smallest absolute Gasteiger partial charge is 0.0901 e. The van der Waals surface area contributed by atoms with E-state index >= 15 is 0 Å². The SMILES string of the molecule is CCCCCCCC=CC=COC=CC=CCCCCCCC. The van der Waals surface area contributed by atoms with E-state index in [2.05, 4.69) is 38.2 Å². The molecule has 0 fully saturated rings. The molecule has 0 heterocycles. The van der Waals surface area contributed by atoms with E-state index in [1.54, 1.807) is 12.5 Å². The molecular formula is C22H38O. The third kappa shape index (κ3) is 20.8. The summed E-state index contributed by atoms with van der Waals surface area (Å²) in [6.45, 7) is 4.51. The number of hydrogen-bond donors (Lipinski definition) is 0. The highest BCUT2D eigenvalue weighted by molar-refractivity contribution is 5.02. The minimum atomic E-state index is 1.17. The summed E-state index contributed by atoms with van der Waals surface area (Å²) in [6.07, 6.45) is 31.7. The number of ether oxygens (including phenoxy) is 1. The van der Waals surface area contributed by atoms with Crippen molar-refractivity contribution in [2.45, 2.75) is 90.9 Å². The maximum absolute atomic E-state index is 5.29. The number of rotatable bonds is 16. The minimum absolute atomic E-state index is 1.17. The molecule has 0 aliphatic rings. The van der Waals surface area contributed by atoms with Crippen LogP contribution in [0.15, 0.2) is 49.0 Å². The lowest BCUT2D eigenvalue weighted by atomic mass is 10.1. The zero-order valence-corrected chi connectivity index (χ0v) is 15.5. The highest BCUT2D eigenvalue weighted by Crippen LogP contribution is 2.06. The van der Waals surface area contributed by atoms with Crippen molar-refractivity contribution in [2.24, 2.45) is 0 Å². The van der Waals surface area contributed by atoms with Crippen LogP contribution in [0.25, 0.3) is 0 Å².